The summed E-state index contributed by atoms with van der Waals surface area (Å²) in [6.07, 6.45) is 13.7. The summed E-state index contributed by atoms with van der Waals surface area (Å²) < 4.78 is 0. The van der Waals surface area contributed by atoms with Crippen molar-refractivity contribution in [3.8, 4) is 0 Å². The van der Waals surface area contributed by atoms with Gasteiger partial charge in [0.2, 0.25) is 0 Å². The number of fused-ring (bicyclic) bond motifs is 1. The first-order chi connectivity index (χ1) is 17.3. The zero-order valence-electron chi connectivity index (χ0n) is 20.8. The van der Waals surface area contributed by atoms with E-state index >= 15 is 0 Å². The smallest absolute Gasteiger partial charge is 0.0468 e. The lowest BCUT2D eigenvalue weighted by molar-refractivity contribution is 0.443. The molecule has 4 aromatic rings. The Kier molecular flexibility index (Phi) is 6.58. The first-order valence-corrected chi connectivity index (χ1v) is 13.8. The SMILES string of the molecule is c1ccc2cc(N(c3ccc(C4CCCCC4)cc3)c3ccc(C4CCCCC4)cc3)ccc2c1. The van der Waals surface area contributed by atoms with Crippen LogP contribution in [0.25, 0.3) is 10.8 Å². The van der Waals surface area contributed by atoms with Crippen LogP contribution in [0.15, 0.2) is 91.0 Å². The van der Waals surface area contributed by atoms with E-state index in [0.717, 1.165) is 11.8 Å². The van der Waals surface area contributed by atoms with E-state index < -0.39 is 0 Å². The van der Waals surface area contributed by atoms with E-state index in [1.54, 1.807) is 0 Å². The number of hydrogen-bond donors (Lipinski definition) is 0. The molecule has 178 valence electrons. The molecule has 6 rings (SSSR count). The maximum Gasteiger partial charge on any atom is 0.0468 e. The van der Waals surface area contributed by atoms with Crippen LogP contribution in [0.2, 0.25) is 0 Å². The van der Waals surface area contributed by atoms with Gasteiger partial charge in [0.15, 0.2) is 0 Å². The summed E-state index contributed by atoms with van der Waals surface area (Å²) in [4.78, 5) is 2.43. The van der Waals surface area contributed by atoms with Gasteiger partial charge < -0.3 is 4.90 Å². The van der Waals surface area contributed by atoms with Crippen LogP contribution in [0.3, 0.4) is 0 Å². The minimum Gasteiger partial charge on any atom is -0.310 e. The van der Waals surface area contributed by atoms with Crippen LogP contribution < -0.4 is 4.90 Å². The molecule has 0 unspecified atom stereocenters. The predicted octanol–water partition coefficient (Wildman–Crippen LogP) is 10.4. The van der Waals surface area contributed by atoms with Crippen LogP contribution in [-0.4, -0.2) is 0 Å². The molecular formula is C34H37N. The van der Waals surface area contributed by atoms with E-state index in [0.29, 0.717) is 0 Å². The summed E-state index contributed by atoms with van der Waals surface area (Å²) in [6.45, 7) is 0. The molecule has 2 saturated carbocycles. The number of hydrogen-bond acceptors (Lipinski definition) is 1. The van der Waals surface area contributed by atoms with E-state index in [-0.39, 0.29) is 0 Å². The van der Waals surface area contributed by atoms with Crippen molar-refractivity contribution in [3.63, 3.8) is 0 Å². The van der Waals surface area contributed by atoms with Gasteiger partial charge in [-0.2, -0.15) is 0 Å². The minimum absolute atomic E-state index is 0.738. The molecule has 35 heavy (non-hydrogen) atoms. The van der Waals surface area contributed by atoms with Gasteiger partial charge in [0.25, 0.3) is 0 Å². The van der Waals surface area contributed by atoms with Crippen molar-refractivity contribution in [1.82, 2.24) is 0 Å². The second-order valence-electron chi connectivity index (χ2n) is 10.7. The Bertz CT molecular complexity index is 1180. The maximum absolute atomic E-state index is 2.43. The van der Waals surface area contributed by atoms with Gasteiger partial charge >= 0.3 is 0 Å². The molecular weight excluding hydrogens is 422 g/mol. The van der Waals surface area contributed by atoms with Crippen molar-refractivity contribution in [2.24, 2.45) is 0 Å². The van der Waals surface area contributed by atoms with Gasteiger partial charge in [0.05, 0.1) is 0 Å². The van der Waals surface area contributed by atoms with Gasteiger partial charge in [-0.3, -0.25) is 0 Å². The minimum atomic E-state index is 0.738. The molecule has 0 N–H and O–H groups in total. The molecule has 2 aliphatic rings. The summed E-state index contributed by atoms with van der Waals surface area (Å²) in [5.74, 6) is 1.48. The number of anilines is 3. The zero-order chi connectivity index (χ0) is 23.5. The van der Waals surface area contributed by atoms with Crippen LogP contribution >= 0.6 is 0 Å². The second kappa shape index (κ2) is 10.3. The number of rotatable bonds is 5. The third-order valence-corrected chi connectivity index (χ3v) is 8.45. The Morgan fingerprint density at radius 3 is 1.40 bits per heavy atom. The van der Waals surface area contributed by atoms with Gasteiger partial charge in [-0.1, -0.05) is 93.1 Å². The van der Waals surface area contributed by atoms with Crippen LogP contribution in [-0.2, 0) is 0 Å². The fourth-order valence-corrected chi connectivity index (χ4v) is 6.43. The molecule has 0 amide bonds. The highest BCUT2D eigenvalue weighted by atomic mass is 15.1. The van der Waals surface area contributed by atoms with Crippen molar-refractivity contribution < 1.29 is 0 Å². The topological polar surface area (TPSA) is 3.24 Å². The van der Waals surface area contributed by atoms with Gasteiger partial charge in [-0.25, -0.2) is 0 Å². The molecule has 0 aromatic heterocycles. The summed E-state index contributed by atoms with van der Waals surface area (Å²) in [5, 5.41) is 2.57. The first-order valence-electron chi connectivity index (χ1n) is 13.8. The van der Waals surface area contributed by atoms with Crippen molar-refractivity contribution in [1.29, 1.82) is 0 Å². The molecule has 0 radical (unpaired) electrons. The summed E-state index contributed by atoms with van der Waals surface area (Å²) in [6, 6.07) is 34.4. The van der Waals surface area contributed by atoms with Crippen molar-refractivity contribution >= 4 is 27.8 Å². The third kappa shape index (κ3) is 4.87. The van der Waals surface area contributed by atoms with Crippen molar-refractivity contribution in [3.05, 3.63) is 102 Å². The van der Waals surface area contributed by atoms with E-state index in [1.165, 1.54) is 103 Å². The fourth-order valence-electron chi connectivity index (χ4n) is 6.43. The molecule has 2 fully saturated rings. The van der Waals surface area contributed by atoms with Crippen LogP contribution in [0.1, 0.15) is 87.2 Å². The molecule has 4 aromatic carbocycles. The van der Waals surface area contributed by atoms with Gasteiger partial charge in [-0.15, -0.1) is 0 Å². The normalized spacial score (nSPS) is 17.5. The largest absolute Gasteiger partial charge is 0.310 e. The van der Waals surface area contributed by atoms with Gasteiger partial charge in [0.1, 0.15) is 0 Å². The van der Waals surface area contributed by atoms with E-state index in [4.69, 9.17) is 0 Å². The highest BCUT2D eigenvalue weighted by Gasteiger charge is 2.19. The Morgan fingerprint density at radius 2 is 0.886 bits per heavy atom. The Balaban J connectivity index is 1.36. The standard InChI is InChI=1S/C34H37N/c1-3-9-26(10-4-1)29-15-20-32(21-16-29)35(34-24-19-28-13-7-8-14-31(28)25-34)33-22-17-30(18-23-33)27-11-5-2-6-12-27/h7-8,13-27H,1-6,9-12H2. The third-order valence-electron chi connectivity index (χ3n) is 8.45. The van der Waals surface area contributed by atoms with Crippen LogP contribution in [0.4, 0.5) is 17.1 Å². The molecule has 0 spiro atoms. The molecule has 1 nitrogen and oxygen atoms in total. The number of benzene rings is 4. The van der Waals surface area contributed by atoms with Crippen molar-refractivity contribution in [2.45, 2.75) is 76.0 Å². The number of nitrogens with zero attached hydrogens (tertiary/aromatic N) is 1. The quantitative estimate of drug-likeness (QED) is 0.287. The average Bonchev–Trinajstić information content (AvgIpc) is 2.95. The lowest BCUT2D eigenvalue weighted by Crippen LogP contribution is -2.11. The van der Waals surface area contributed by atoms with Gasteiger partial charge in [-0.05, 0) is 95.8 Å². The molecule has 1 heteroatoms. The monoisotopic (exact) mass is 459 g/mol. The highest BCUT2D eigenvalue weighted by Crippen LogP contribution is 2.40. The maximum atomic E-state index is 2.43. The van der Waals surface area contributed by atoms with Gasteiger partial charge in [0, 0.05) is 17.1 Å². The molecule has 0 heterocycles. The summed E-state index contributed by atoms with van der Waals surface area (Å²) in [7, 11) is 0. The van der Waals surface area contributed by atoms with Crippen LogP contribution in [0, 0.1) is 0 Å². The second-order valence-corrected chi connectivity index (χ2v) is 10.7. The average molecular weight is 460 g/mol. The fraction of sp³-hybridized carbons (Fsp3) is 0.353. The van der Waals surface area contributed by atoms with E-state index in [1.807, 2.05) is 0 Å². The molecule has 0 saturated heterocycles. The van der Waals surface area contributed by atoms with E-state index in [9.17, 15) is 0 Å². The summed E-state index contributed by atoms with van der Waals surface area (Å²) >= 11 is 0. The molecule has 2 aliphatic carbocycles. The molecule has 0 bridgehead atoms. The Hall–Kier alpha value is -3.06. The van der Waals surface area contributed by atoms with Crippen molar-refractivity contribution in [2.75, 3.05) is 4.90 Å². The zero-order valence-corrected chi connectivity index (χ0v) is 20.8. The lowest BCUT2D eigenvalue weighted by Gasteiger charge is -2.28. The predicted molar refractivity (Wildman–Crippen MR) is 150 cm³/mol. The summed E-state index contributed by atoms with van der Waals surface area (Å²) in [5.41, 5.74) is 6.73. The molecule has 0 aliphatic heterocycles. The first kappa shape index (κ1) is 22.4. The molecule has 0 atom stereocenters. The van der Waals surface area contributed by atoms with E-state index in [2.05, 4.69) is 95.9 Å². The van der Waals surface area contributed by atoms with Crippen LogP contribution in [0.5, 0.6) is 0 Å². The highest BCUT2D eigenvalue weighted by molar-refractivity contribution is 5.89. The Morgan fingerprint density at radius 1 is 0.429 bits per heavy atom. The Labute approximate surface area is 210 Å². The lowest BCUT2D eigenvalue weighted by atomic mass is 9.84.